The van der Waals surface area contributed by atoms with Crippen molar-refractivity contribution in [2.24, 2.45) is 0 Å². The van der Waals surface area contributed by atoms with Crippen molar-refractivity contribution in [2.75, 3.05) is 12.4 Å². The highest BCUT2D eigenvalue weighted by Crippen LogP contribution is 2.46. The van der Waals surface area contributed by atoms with E-state index in [1.807, 2.05) is 0 Å². The van der Waals surface area contributed by atoms with E-state index < -0.39 is 28.3 Å². The summed E-state index contributed by atoms with van der Waals surface area (Å²) in [6.45, 7) is 0. The highest BCUT2D eigenvalue weighted by Gasteiger charge is 2.48. The Kier molecular flexibility index (Phi) is 3.73. The predicted molar refractivity (Wildman–Crippen MR) is 81.1 cm³/mol. The molecule has 1 aliphatic heterocycles. The van der Waals surface area contributed by atoms with E-state index >= 15 is 0 Å². The van der Waals surface area contributed by atoms with Gasteiger partial charge in [-0.05, 0) is 24.3 Å². The van der Waals surface area contributed by atoms with E-state index in [1.165, 1.54) is 19.2 Å². The summed E-state index contributed by atoms with van der Waals surface area (Å²) in [7, 11) is 1.41. The molecule has 0 aliphatic carbocycles. The molecule has 1 aliphatic rings. The topological polar surface area (TPSA) is 58.6 Å². The monoisotopic (exact) mass is 357 g/mol. The van der Waals surface area contributed by atoms with Gasteiger partial charge in [0, 0.05) is 16.8 Å². The standard InChI is InChI=1S/C16H11ClF3NO3/c1-24-9-4-2-3-8(5-9)15(23)11-6-12(17)10(16(18,19)20)7-13(11)21-14(15)22/h2-7,23H,1H3,(H,21,22). The van der Waals surface area contributed by atoms with Crippen molar-refractivity contribution in [2.45, 2.75) is 11.8 Å². The number of alkyl halides is 3. The van der Waals surface area contributed by atoms with E-state index in [4.69, 9.17) is 16.3 Å². The fraction of sp³-hybridized carbons (Fsp3) is 0.188. The molecule has 2 aromatic rings. The SMILES string of the molecule is COc1cccc(C2(O)C(=O)Nc3cc(C(F)(F)F)c(Cl)cc32)c1. The van der Waals surface area contributed by atoms with Gasteiger partial charge >= 0.3 is 6.18 Å². The minimum atomic E-state index is -4.67. The van der Waals surface area contributed by atoms with E-state index in [-0.39, 0.29) is 16.8 Å². The molecule has 0 fully saturated rings. The summed E-state index contributed by atoms with van der Waals surface area (Å²) in [5.41, 5.74) is -3.26. The Morgan fingerprint density at radius 1 is 1.25 bits per heavy atom. The summed E-state index contributed by atoms with van der Waals surface area (Å²) in [5, 5.41) is 12.6. The highest BCUT2D eigenvalue weighted by atomic mass is 35.5. The zero-order valence-electron chi connectivity index (χ0n) is 12.2. The molecule has 0 spiro atoms. The molecule has 1 heterocycles. The summed E-state index contributed by atoms with van der Waals surface area (Å²) in [6.07, 6.45) is -4.67. The van der Waals surface area contributed by atoms with Crippen LogP contribution in [-0.4, -0.2) is 18.1 Å². The summed E-state index contributed by atoms with van der Waals surface area (Å²) >= 11 is 5.72. The van der Waals surface area contributed by atoms with Gasteiger partial charge in [-0.15, -0.1) is 0 Å². The predicted octanol–water partition coefficient (Wildman–Crippen LogP) is 3.56. The Balaban J connectivity index is 2.20. The number of nitrogens with one attached hydrogen (secondary N) is 1. The maximum atomic E-state index is 13.0. The van der Waals surface area contributed by atoms with Crippen LogP contribution in [-0.2, 0) is 16.6 Å². The molecule has 4 nitrogen and oxygen atoms in total. The Morgan fingerprint density at radius 3 is 2.58 bits per heavy atom. The summed E-state index contributed by atoms with van der Waals surface area (Å²) in [4.78, 5) is 12.3. The maximum Gasteiger partial charge on any atom is 0.417 e. The number of amides is 1. The van der Waals surface area contributed by atoms with Gasteiger partial charge in [0.15, 0.2) is 5.60 Å². The van der Waals surface area contributed by atoms with Crippen LogP contribution < -0.4 is 10.1 Å². The lowest BCUT2D eigenvalue weighted by atomic mass is 9.87. The Bertz CT molecular complexity index is 838. The second-order valence-electron chi connectivity index (χ2n) is 5.27. The molecule has 1 unspecified atom stereocenters. The molecular formula is C16H11ClF3NO3. The minimum absolute atomic E-state index is 0.0428. The normalized spacial score (nSPS) is 19.8. The average Bonchev–Trinajstić information content (AvgIpc) is 2.78. The number of rotatable bonds is 2. The molecule has 3 rings (SSSR count). The largest absolute Gasteiger partial charge is 0.497 e. The van der Waals surface area contributed by atoms with E-state index in [0.29, 0.717) is 11.8 Å². The zero-order chi connectivity index (χ0) is 17.7. The number of aliphatic hydroxyl groups is 1. The molecule has 1 atom stereocenters. The van der Waals surface area contributed by atoms with Gasteiger partial charge in [0.25, 0.3) is 5.91 Å². The maximum absolute atomic E-state index is 13.0. The van der Waals surface area contributed by atoms with Crippen molar-refractivity contribution < 1.29 is 27.8 Å². The average molecular weight is 358 g/mol. The Hall–Kier alpha value is -2.25. The molecule has 0 radical (unpaired) electrons. The number of ether oxygens (including phenoxy) is 1. The third-order valence-corrected chi connectivity index (χ3v) is 4.18. The van der Waals surface area contributed by atoms with E-state index in [0.717, 1.165) is 6.07 Å². The van der Waals surface area contributed by atoms with Gasteiger partial charge in [0.1, 0.15) is 5.75 Å². The van der Waals surface area contributed by atoms with Crippen LogP contribution in [0.15, 0.2) is 36.4 Å². The number of halogens is 4. The molecule has 24 heavy (non-hydrogen) atoms. The minimum Gasteiger partial charge on any atom is -0.497 e. The van der Waals surface area contributed by atoms with Crippen LogP contribution in [0.25, 0.3) is 0 Å². The molecule has 1 amide bonds. The van der Waals surface area contributed by atoms with Crippen LogP contribution in [0.2, 0.25) is 5.02 Å². The second kappa shape index (κ2) is 5.39. The van der Waals surface area contributed by atoms with E-state index in [2.05, 4.69) is 5.32 Å². The Labute approximate surface area is 139 Å². The molecule has 0 bridgehead atoms. The molecule has 8 heteroatoms. The van der Waals surface area contributed by atoms with Crippen LogP contribution in [0.5, 0.6) is 5.75 Å². The summed E-state index contributed by atoms with van der Waals surface area (Å²) in [6, 6.07) is 7.75. The lowest BCUT2D eigenvalue weighted by molar-refractivity contribution is -0.137. The van der Waals surface area contributed by atoms with E-state index in [9.17, 15) is 23.1 Å². The number of fused-ring (bicyclic) bond motifs is 1. The van der Waals surface area contributed by atoms with Crippen LogP contribution in [0.3, 0.4) is 0 Å². The molecule has 0 saturated heterocycles. The van der Waals surface area contributed by atoms with Gasteiger partial charge in [-0.3, -0.25) is 4.79 Å². The second-order valence-corrected chi connectivity index (χ2v) is 5.68. The van der Waals surface area contributed by atoms with Crippen molar-refractivity contribution in [1.29, 1.82) is 0 Å². The molecule has 126 valence electrons. The van der Waals surface area contributed by atoms with Gasteiger partial charge in [-0.25, -0.2) is 0 Å². The molecule has 2 aromatic carbocycles. The van der Waals surface area contributed by atoms with Crippen LogP contribution >= 0.6 is 11.6 Å². The van der Waals surface area contributed by atoms with Gasteiger partial charge in [-0.1, -0.05) is 23.7 Å². The van der Waals surface area contributed by atoms with Crippen molar-refractivity contribution in [3.05, 3.63) is 58.1 Å². The van der Waals surface area contributed by atoms with Gasteiger partial charge in [0.05, 0.1) is 17.7 Å². The first kappa shape index (κ1) is 16.6. The van der Waals surface area contributed by atoms with Gasteiger partial charge < -0.3 is 15.2 Å². The van der Waals surface area contributed by atoms with Crippen LogP contribution in [0.4, 0.5) is 18.9 Å². The van der Waals surface area contributed by atoms with Gasteiger partial charge in [0.2, 0.25) is 0 Å². The summed E-state index contributed by atoms with van der Waals surface area (Å²) < 4.78 is 43.9. The first-order valence-electron chi connectivity index (χ1n) is 6.77. The van der Waals surface area contributed by atoms with Crippen molar-refractivity contribution >= 4 is 23.2 Å². The quantitative estimate of drug-likeness (QED) is 0.864. The van der Waals surface area contributed by atoms with Crippen LogP contribution in [0.1, 0.15) is 16.7 Å². The van der Waals surface area contributed by atoms with Crippen LogP contribution in [0, 0.1) is 0 Å². The fourth-order valence-corrected chi connectivity index (χ4v) is 2.93. The Morgan fingerprint density at radius 2 is 1.96 bits per heavy atom. The van der Waals surface area contributed by atoms with Crippen molar-refractivity contribution in [1.82, 2.24) is 0 Å². The first-order valence-corrected chi connectivity index (χ1v) is 7.15. The molecule has 2 N–H and O–H groups in total. The van der Waals surface area contributed by atoms with Crippen molar-refractivity contribution in [3.63, 3.8) is 0 Å². The molecule has 0 saturated carbocycles. The van der Waals surface area contributed by atoms with Crippen molar-refractivity contribution in [3.8, 4) is 5.75 Å². The lowest BCUT2D eigenvalue weighted by Crippen LogP contribution is -2.35. The highest BCUT2D eigenvalue weighted by molar-refractivity contribution is 6.32. The smallest absolute Gasteiger partial charge is 0.417 e. The third-order valence-electron chi connectivity index (χ3n) is 3.87. The number of hydrogen-bond donors (Lipinski definition) is 2. The number of hydrogen-bond acceptors (Lipinski definition) is 3. The number of methoxy groups -OCH3 is 1. The van der Waals surface area contributed by atoms with Gasteiger partial charge in [-0.2, -0.15) is 13.2 Å². The number of benzene rings is 2. The fourth-order valence-electron chi connectivity index (χ4n) is 2.66. The first-order chi connectivity index (χ1) is 11.2. The number of anilines is 1. The summed E-state index contributed by atoms with van der Waals surface area (Å²) in [5.74, 6) is -0.471. The zero-order valence-corrected chi connectivity index (χ0v) is 13.0. The third kappa shape index (κ3) is 2.40. The number of carbonyl (C=O) groups excluding carboxylic acids is 1. The lowest BCUT2D eigenvalue weighted by Gasteiger charge is -2.22. The van der Waals surface area contributed by atoms with E-state index in [1.54, 1.807) is 12.1 Å². The number of carbonyl (C=O) groups is 1. The molecular weight excluding hydrogens is 347 g/mol. The molecule has 0 aromatic heterocycles.